The second-order valence-electron chi connectivity index (χ2n) is 4.31. The molecule has 0 unspecified atom stereocenters. The van der Waals surface area contributed by atoms with Crippen LogP contribution in [-0.4, -0.2) is 7.11 Å². The standard InChI is InChI=1S/C16H12ClN3O/c1-21-16-5-2-11(6-13(16)9-19)10-20-14-4-3-12(8-18)15(17)7-14/h2-7,20H,10H2,1H3. The van der Waals surface area contributed by atoms with E-state index in [1.54, 1.807) is 30.3 Å². The molecule has 0 saturated carbocycles. The zero-order valence-electron chi connectivity index (χ0n) is 11.4. The quantitative estimate of drug-likeness (QED) is 0.934. The molecule has 5 heteroatoms. The van der Waals surface area contributed by atoms with Crippen molar-refractivity contribution in [3.8, 4) is 17.9 Å². The Kier molecular flexibility index (Phi) is 4.66. The lowest BCUT2D eigenvalue weighted by Crippen LogP contribution is -2.00. The van der Waals surface area contributed by atoms with Gasteiger partial charge in [-0.05, 0) is 35.9 Å². The Bertz CT molecular complexity index is 744. The van der Waals surface area contributed by atoms with Crippen LogP contribution in [0.4, 0.5) is 5.69 Å². The second-order valence-corrected chi connectivity index (χ2v) is 4.71. The van der Waals surface area contributed by atoms with E-state index >= 15 is 0 Å². The molecule has 0 aliphatic rings. The predicted molar refractivity (Wildman–Crippen MR) is 81.2 cm³/mol. The van der Waals surface area contributed by atoms with Crippen molar-refractivity contribution >= 4 is 17.3 Å². The first-order valence-corrected chi connectivity index (χ1v) is 6.56. The molecule has 2 rings (SSSR count). The Morgan fingerprint density at radius 3 is 2.48 bits per heavy atom. The van der Waals surface area contributed by atoms with E-state index < -0.39 is 0 Å². The van der Waals surface area contributed by atoms with Gasteiger partial charge in [-0.25, -0.2) is 0 Å². The number of ether oxygens (including phenoxy) is 1. The number of nitrogens with one attached hydrogen (secondary N) is 1. The van der Waals surface area contributed by atoms with Gasteiger partial charge in [-0.15, -0.1) is 0 Å². The average Bonchev–Trinajstić information content (AvgIpc) is 2.52. The molecular weight excluding hydrogens is 286 g/mol. The summed E-state index contributed by atoms with van der Waals surface area (Å²) in [7, 11) is 1.53. The van der Waals surface area contributed by atoms with Gasteiger partial charge in [0.05, 0.1) is 23.3 Å². The summed E-state index contributed by atoms with van der Waals surface area (Å²) < 4.78 is 5.10. The highest BCUT2D eigenvalue weighted by Crippen LogP contribution is 2.22. The third-order valence-corrected chi connectivity index (χ3v) is 3.28. The number of hydrogen-bond donors (Lipinski definition) is 1. The van der Waals surface area contributed by atoms with E-state index in [2.05, 4.69) is 11.4 Å². The first-order chi connectivity index (χ1) is 10.2. The number of nitriles is 2. The van der Waals surface area contributed by atoms with Crippen molar-refractivity contribution in [2.75, 3.05) is 12.4 Å². The Balaban J connectivity index is 2.12. The Morgan fingerprint density at radius 1 is 1.10 bits per heavy atom. The van der Waals surface area contributed by atoms with Crippen LogP contribution in [0.3, 0.4) is 0 Å². The molecule has 0 aliphatic carbocycles. The monoisotopic (exact) mass is 297 g/mol. The fourth-order valence-corrected chi connectivity index (χ4v) is 2.10. The fraction of sp³-hybridized carbons (Fsp3) is 0.125. The van der Waals surface area contributed by atoms with Crippen LogP contribution in [0.5, 0.6) is 5.75 Å². The van der Waals surface area contributed by atoms with Crippen LogP contribution < -0.4 is 10.1 Å². The van der Waals surface area contributed by atoms with Crippen LogP contribution in [0.1, 0.15) is 16.7 Å². The Morgan fingerprint density at radius 2 is 1.86 bits per heavy atom. The smallest absolute Gasteiger partial charge is 0.136 e. The van der Waals surface area contributed by atoms with Crippen LogP contribution in [0, 0.1) is 22.7 Å². The van der Waals surface area contributed by atoms with E-state index in [-0.39, 0.29) is 0 Å². The highest BCUT2D eigenvalue weighted by Gasteiger charge is 2.04. The molecule has 0 heterocycles. The molecule has 0 amide bonds. The lowest BCUT2D eigenvalue weighted by molar-refractivity contribution is 0.413. The van der Waals surface area contributed by atoms with Gasteiger partial charge in [0.1, 0.15) is 17.9 Å². The maximum Gasteiger partial charge on any atom is 0.136 e. The minimum atomic E-state index is 0.412. The first-order valence-electron chi connectivity index (χ1n) is 6.18. The number of methoxy groups -OCH3 is 1. The SMILES string of the molecule is COc1ccc(CNc2ccc(C#N)c(Cl)c2)cc1C#N. The van der Waals surface area contributed by atoms with Crippen LogP contribution in [0.2, 0.25) is 5.02 Å². The van der Waals surface area contributed by atoms with E-state index in [4.69, 9.17) is 26.9 Å². The molecule has 0 fully saturated rings. The van der Waals surface area contributed by atoms with Gasteiger partial charge in [0.2, 0.25) is 0 Å². The zero-order valence-corrected chi connectivity index (χ0v) is 12.1. The largest absolute Gasteiger partial charge is 0.495 e. The molecule has 1 N–H and O–H groups in total. The number of nitrogens with zero attached hydrogens (tertiary/aromatic N) is 2. The van der Waals surface area contributed by atoms with Gasteiger partial charge in [-0.2, -0.15) is 10.5 Å². The summed E-state index contributed by atoms with van der Waals surface area (Å²) in [5, 5.41) is 21.5. The molecule has 21 heavy (non-hydrogen) atoms. The number of benzene rings is 2. The summed E-state index contributed by atoms with van der Waals surface area (Å²) >= 11 is 5.98. The second kappa shape index (κ2) is 6.65. The third kappa shape index (κ3) is 3.45. The molecule has 0 bridgehead atoms. The molecule has 104 valence electrons. The molecule has 0 spiro atoms. The normalized spacial score (nSPS) is 9.52. The van der Waals surface area contributed by atoms with Gasteiger partial charge in [-0.1, -0.05) is 17.7 Å². The topological polar surface area (TPSA) is 68.8 Å². The molecule has 0 aromatic heterocycles. The Hall–Kier alpha value is -2.69. The molecule has 0 saturated heterocycles. The van der Waals surface area contributed by atoms with Crippen LogP contribution in [0.25, 0.3) is 0 Å². The molecule has 0 aliphatic heterocycles. The van der Waals surface area contributed by atoms with Crippen molar-refractivity contribution in [2.24, 2.45) is 0 Å². The van der Waals surface area contributed by atoms with Crippen molar-refractivity contribution in [1.29, 1.82) is 10.5 Å². The maximum absolute atomic E-state index is 9.05. The van der Waals surface area contributed by atoms with Crippen molar-refractivity contribution in [3.05, 3.63) is 58.1 Å². The lowest BCUT2D eigenvalue weighted by Gasteiger charge is -2.09. The number of anilines is 1. The highest BCUT2D eigenvalue weighted by atomic mass is 35.5. The molecule has 4 nitrogen and oxygen atoms in total. The average molecular weight is 298 g/mol. The van der Waals surface area contributed by atoms with Crippen LogP contribution >= 0.6 is 11.6 Å². The van der Waals surface area contributed by atoms with E-state index in [0.29, 0.717) is 28.4 Å². The minimum Gasteiger partial charge on any atom is -0.495 e. The number of halogens is 1. The van der Waals surface area contributed by atoms with E-state index in [1.165, 1.54) is 7.11 Å². The van der Waals surface area contributed by atoms with Crippen molar-refractivity contribution < 1.29 is 4.74 Å². The summed E-state index contributed by atoms with van der Waals surface area (Å²) in [6.45, 7) is 0.543. The fourth-order valence-electron chi connectivity index (χ4n) is 1.87. The predicted octanol–water partition coefficient (Wildman–Crippen LogP) is 3.70. The summed E-state index contributed by atoms with van der Waals surface area (Å²) in [6.07, 6.45) is 0. The maximum atomic E-state index is 9.05. The van der Waals surface area contributed by atoms with Gasteiger partial charge in [0, 0.05) is 12.2 Å². The van der Waals surface area contributed by atoms with E-state index in [1.807, 2.05) is 12.1 Å². The van der Waals surface area contributed by atoms with E-state index in [0.717, 1.165) is 11.3 Å². The summed E-state index contributed by atoms with van der Waals surface area (Å²) in [5.41, 5.74) is 2.70. The van der Waals surface area contributed by atoms with Crippen LogP contribution in [-0.2, 0) is 6.54 Å². The summed E-state index contributed by atoms with van der Waals surface area (Å²) in [4.78, 5) is 0. The zero-order chi connectivity index (χ0) is 15.2. The lowest BCUT2D eigenvalue weighted by atomic mass is 10.1. The summed E-state index contributed by atoms with van der Waals surface area (Å²) in [6, 6.07) is 14.7. The highest BCUT2D eigenvalue weighted by molar-refractivity contribution is 6.32. The van der Waals surface area contributed by atoms with Gasteiger partial charge < -0.3 is 10.1 Å². The van der Waals surface area contributed by atoms with Gasteiger partial charge in [-0.3, -0.25) is 0 Å². The van der Waals surface area contributed by atoms with Gasteiger partial charge in [0.25, 0.3) is 0 Å². The third-order valence-electron chi connectivity index (χ3n) is 2.97. The first kappa shape index (κ1) is 14.7. The Labute approximate surface area is 128 Å². The molecular formula is C16H12ClN3O. The summed E-state index contributed by atoms with van der Waals surface area (Å²) in [5.74, 6) is 0.558. The minimum absolute atomic E-state index is 0.412. The molecule has 0 atom stereocenters. The molecule has 2 aromatic rings. The van der Waals surface area contributed by atoms with Gasteiger partial charge in [0.15, 0.2) is 0 Å². The van der Waals surface area contributed by atoms with Gasteiger partial charge >= 0.3 is 0 Å². The van der Waals surface area contributed by atoms with E-state index in [9.17, 15) is 0 Å². The number of rotatable bonds is 4. The molecule has 0 radical (unpaired) electrons. The molecule has 2 aromatic carbocycles. The van der Waals surface area contributed by atoms with Crippen molar-refractivity contribution in [2.45, 2.75) is 6.54 Å². The van der Waals surface area contributed by atoms with Crippen LogP contribution in [0.15, 0.2) is 36.4 Å². The van der Waals surface area contributed by atoms with Crippen molar-refractivity contribution in [1.82, 2.24) is 0 Å². The van der Waals surface area contributed by atoms with Crippen molar-refractivity contribution in [3.63, 3.8) is 0 Å². The number of hydrogen-bond acceptors (Lipinski definition) is 4.